The number of nitrogens with zero attached hydrogens (tertiary/aromatic N) is 4. The van der Waals surface area contributed by atoms with Gasteiger partial charge in [0.1, 0.15) is 5.69 Å². The van der Waals surface area contributed by atoms with Crippen LogP contribution in [0.4, 0.5) is 5.95 Å². The van der Waals surface area contributed by atoms with E-state index in [1.807, 2.05) is 24.5 Å². The van der Waals surface area contributed by atoms with Crippen LogP contribution < -0.4 is 11.1 Å². The Labute approximate surface area is 157 Å². The summed E-state index contributed by atoms with van der Waals surface area (Å²) in [5.41, 5.74) is 8.50. The molecule has 0 radical (unpaired) electrons. The molecular weight excluding hydrogens is 344 g/mol. The Morgan fingerprint density at radius 3 is 2.67 bits per heavy atom. The summed E-state index contributed by atoms with van der Waals surface area (Å²) >= 11 is 0. The normalized spacial score (nSPS) is 11.1. The number of hydrogen-bond donors (Lipinski definition) is 2. The molecule has 0 saturated heterocycles. The van der Waals surface area contributed by atoms with Gasteiger partial charge in [0.05, 0.1) is 16.7 Å². The number of aryl methyl sites for hydroxylation is 3. The maximum absolute atomic E-state index is 12.8. The smallest absolute Gasteiger partial charge is 0.276 e. The third kappa shape index (κ3) is 3.69. The molecule has 2 aromatic heterocycles. The van der Waals surface area contributed by atoms with E-state index in [-0.39, 0.29) is 5.91 Å². The number of nitrogens with two attached hydrogens (primary N) is 1. The van der Waals surface area contributed by atoms with Crippen LogP contribution in [0.2, 0.25) is 0 Å². The molecule has 2 amide bonds. The first-order chi connectivity index (χ1) is 12.9. The molecule has 0 atom stereocenters. The summed E-state index contributed by atoms with van der Waals surface area (Å²) in [6, 6.07) is 6.89. The van der Waals surface area contributed by atoms with Crippen LogP contribution in [0.5, 0.6) is 0 Å². The molecule has 0 aliphatic heterocycles. The third-order valence-electron chi connectivity index (χ3n) is 4.43. The highest BCUT2D eigenvalue weighted by Gasteiger charge is 2.18. The molecule has 0 aliphatic rings. The molecule has 3 rings (SSSR count). The van der Waals surface area contributed by atoms with Crippen molar-refractivity contribution in [1.82, 2.24) is 19.3 Å². The van der Waals surface area contributed by atoms with Gasteiger partial charge in [-0.25, -0.2) is 4.98 Å². The van der Waals surface area contributed by atoms with Gasteiger partial charge in [0.25, 0.3) is 5.91 Å². The van der Waals surface area contributed by atoms with Crippen molar-refractivity contribution in [2.24, 2.45) is 5.73 Å². The number of hydrogen-bond acceptors (Lipinski definition) is 4. The number of benzene rings is 1. The third-order valence-corrected chi connectivity index (χ3v) is 4.43. The number of carbonyl (C=O) groups is 2. The van der Waals surface area contributed by atoms with Crippen molar-refractivity contribution in [2.45, 2.75) is 46.7 Å². The second-order valence-electron chi connectivity index (χ2n) is 6.45. The summed E-state index contributed by atoms with van der Waals surface area (Å²) in [7, 11) is 0. The van der Waals surface area contributed by atoms with Gasteiger partial charge in [-0.3, -0.25) is 19.6 Å². The van der Waals surface area contributed by atoms with Crippen molar-refractivity contribution in [2.75, 3.05) is 5.32 Å². The Bertz CT molecular complexity index is 1000. The summed E-state index contributed by atoms with van der Waals surface area (Å²) in [6.45, 7) is 7.20. The molecule has 8 heteroatoms. The van der Waals surface area contributed by atoms with Gasteiger partial charge in [-0.05, 0) is 44.5 Å². The van der Waals surface area contributed by atoms with E-state index in [0.717, 1.165) is 24.1 Å². The van der Waals surface area contributed by atoms with E-state index in [1.165, 1.54) is 0 Å². The first-order valence-electron chi connectivity index (χ1n) is 9.10. The quantitative estimate of drug-likeness (QED) is 0.668. The Morgan fingerprint density at radius 2 is 2.00 bits per heavy atom. The SMILES string of the molecule is CCCCn1c(NC(=O)c2cc(C)nn2CC)nc2cc(C(N)=O)ccc21. The van der Waals surface area contributed by atoms with E-state index in [1.54, 1.807) is 22.9 Å². The molecule has 0 saturated carbocycles. The van der Waals surface area contributed by atoms with Crippen LogP contribution in [0.25, 0.3) is 11.0 Å². The van der Waals surface area contributed by atoms with Crippen molar-refractivity contribution in [3.8, 4) is 0 Å². The molecule has 0 spiro atoms. The summed E-state index contributed by atoms with van der Waals surface area (Å²) < 4.78 is 3.62. The fraction of sp³-hybridized carbons (Fsp3) is 0.368. The van der Waals surface area contributed by atoms with E-state index >= 15 is 0 Å². The van der Waals surface area contributed by atoms with Gasteiger partial charge in [0.15, 0.2) is 0 Å². The highest BCUT2D eigenvalue weighted by molar-refractivity contribution is 6.03. The monoisotopic (exact) mass is 368 g/mol. The summed E-state index contributed by atoms with van der Waals surface area (Å²) in [4.78, 5) is 28.8. The molecule has 3 N–H and O–H groups in total. The molecular formula is C19H24N6O2. The molecule has 142 valence electrons. The molecule has 8 nitrogen and oxygen atoms in total. The Kier molecular flexibility index (Phi) is 5.25. The number of fused-ring (bicyclic) bond motifs is 1. The van der Waals surface area contributed by atoms with E-state index in [2.05, 4.69) is 22.3 Å². The maximum atomic E-state index is 12.8. The first-order valence-corrected chi connectivity index (χ1v) is 9.10. The van der Waals surface area contributed by atoms with Gasteiger partial charge < -0.3 is 10.3 Å². The summed E-state index contributed by atoms with van der Waals surface area (Å²) in [5.74, 6) is -0.319. The second kappa shape index (κ2) is 7.61. The standard InChI is InChI=1S/C19H24N6O2/c1-4-6-9-24-15-8-7-13(17(20)26)11-14(15)21-19(24)22-18(27)16-10-12(3)23-25(16)5-2/h7-8,10-11H,4-6,9H2,1-3H3,(H2,20,26)(H,21,22,27). The minimum absolute atomic E-state index is 0.263. The number of imidazole rings is 1. The van der Waals surface area contributed by atoms with Gasteiger partial charge in [-0.1, -0.05) is 13.3 Å². The van der Waals surface area contributed by atoms with Crippen molar-refractivity contribution < 1.29 is 9.59 Å². The van der Waals surface area contributed by atoms with Gasteiger partial charge in [-0.2, -0.15) is 5.10 Å². The van der Waals surface area contributed by atoms with E-state index in [4.69, 9.17) is 5.73 Å². The van der Waals surface area contributed by atoms with Crippen LogP contribution in [0.15, 0.2) is 24.3 Å². The minimum Gasteiger partial charge on any atom is -0.366 e. The van der Waals surface area contributed by atoms with Crippen molar-refractivity contribution >= 4 is 28.8 Å². The number of aromatic nitrogens is 4. The van der Waals surface area contributed by atoms with Crippen LogP contribution in [-0.4, -0.2) is 31.1 Å². The Morgan fingerprint density at radius 1 is 1.22 bits per heavy atom. The van der Waals surface area contributed by atoms with Gasteiger partial charge in [-0.15, -0.1) is 0 Å². The largest absolute Gasteiger partial charge is 0.366 e. The van der Waals surface area contributed by atoms with Crippen LogP contribution in [0.3, 0.4) is 0 Å². The average Bonchev–Trinajstić information content (AvgIpc) is 3.19. The topological polar surface area (TPSA) is 108 Å². The lowest BCUT2D eigenvalue weighted by Gasteiger charge is -2.10. The second-order valence-corrected chi connectivity index (χ2v) is 6.45. The number of amides is 2. The zero-order valence-electron chi connectivity index (χ0n) is 15.8. The molecule has 2 heterocycles. The van der Waals surface area contributed by atoms with E-state index < -0.39 is 5.91 Å². The number of rotatable bonds is 7. The molecule has 0 aliphatic carbocycles. The van der Waals surface area contributed by atoms with Crippen LogP contribution in [-0.2, 0) is 13.1 Å². The zero-order chi connectivity index (χ0) is 19.6. The molecule has 0 bridgehead atoms. The number of anilines is 1. The number of primary amides is 1. The molecule has 0 fully saturated rings. The number of carbonyl (C=O) groups excluding carboxylic acids is 2. The molecule has 3 aromatic rings. The Hall–Kier alpha value is -3.16. The first kappa shape index (κ1) is 18.6. The predicted octanol–water partition coefficient (Wildman–Crippen LogP) is 2.71. The predicted molar refractivity (Wildman–Crippen MR) is 104 cm³/mol. The zero-order valence-corrected chi connectivity index (χ0v) is 15.8. The van der Waals surface area contributed by atoms with E-state index in [0.29, 0.717) is 35.8 Å². The maximum Gasteiger partial charge on any atom is 0.276 e. The van der Waals surface area contributed by atoms with Crippen molar-refractivity contribution in [3.05, 3.63) is 41.2 Å². The lowest BCUT2D eigenvalue weighted by atomic mass is 10.2. The summed E-state index contributed by atoms with van der Waals surface area (Å²) in [6.07, 6.45) is 1.95. The van der Waals surface area contributed by atoms with E-state index in [9.17, 15) is 9.59 Å². The fourth-order valence-electron chi connectivity index (χ4n) is 3.06. The fourth-order valence-corrected chi connectivity index (χ4v) is 3.06. The molecule has 27 heavy (non-hydrogen) atoms. The van der Waals surface area contributed by atoms with Crippen molar-refractivity contribution in [1.29, 1.82) is 0 Å². The lowest BCUT2D eigenvalue weighted by molar-refractivity contribution is 0.0996. The van der Waals surface area contributed by atoms with Crippen molar-refractivity contribution in [3.63, 3.8) is 0 Å². The van der Waals surface area contributed by atoms with Gasteiger partial charge >= 0.3 is 0 Å². The molecule has 1 aromatic carbocycles. The highest BCUT2D eigenvalue weighted by Crippen LogP contribution is 2.22. The number of unbranched alkanes of at least 4 members (excludes halogenated alkanes) is 1. The average molecular weight is 368 g/mol. The minimum atomic E-state index is -0.507. The number of nitrogens with one attached hydrogen (secondary N) is 1. The highest BCUT2D eigenvalue weighted by atomic mass is 16.2. The Balaban J connectivity index is 2.00. The lowest BCUT2D eigenvalue weighted by Crippen LogP contribution is -2.20. The van der Waals surface area contributed by atoms with Crippen LogP contribution in [0.1, 0.15) is 53.2 Å². The van der Waals surface area contributed by atoms with Crippen LogP contribution in [0, 0.1) is 6.92 Å². The molecule has 0 unspecified atom stereocenters. The van der Waals surface area contributed by atoms with Gasteiger partial charge in [0, 0.05) is 18.7 Å². The summed E-state index contributed by atoms with van der Waals surface area (Å²) in [5, 5.41) is 7.21. The van der Waals surface area contributed by atoms with Crippen LogP contribution >= 0.6 is 0 Å². The van der Waals surface area contributed by atoms with Gasteiger partial charge in [0.2, 0.25) is 11.9 Å².